The van der Waals surface area contributed by atoms with E-state index in [1.54, 1.807) is 16.7 Å². The summed E-state index contributed by atoms with van der Waals surface area (Å²) in [4.78, 5) is 15.1. The Kier molecular flexibility index (Phi) is 2.56. The molecule has 0 N–H and O–H groups in total. The fourth-order valence-electron chi connectivity index (χ4n) is 2.16. The van der Waals surface area contributed by atoms with Crippen LogP contribution in [0.4, 0.5) is 0 Å². The van der Waals surface area contributed by atoms with Gasteiger partial charge in [0.1, 0.15) is 0 Å². The molecule has 3 rings (SSSR count). The number of hydrogen-bond acceptors (Lipinski definition) is 2. The third-order valence-corrected chi connectivity index (χ3v) is 4.25. The van der Waals surface area contributed by atoms with Gasteiger partial charge >= 0.3 is 0 Å². The van der Waals surface area contributed by atoms with Gasteiger partial charge in [-0.15, -0.1) is 11.8 Å². The van der Waals surface area contributed by atoms with Gasteiger partial charge in [0.25, 0.3) is 5.91 Å². The van der Waals surface area contributed by atoms with Crippen molar-refractivity contribution in [2.45, 2.75) is 4.90 Å². The molecule has 0 atom stereocenters. The molecule has 1 aliphatic heterocycles. The van der Waals surface area contributed by atoms with Crippen molar-refractivity contribution in [1.29, 1.82) is 0 Å². The lowest BCUT2D eigenvalue weighted by Crippen LogP contribution is -2.27. The largest absolute Gasteiger partial charge is 0.341 e. The molecular weight excluding hydrogens is 230 g/mol. The van der Waals surface area contributed by atoms with Crippen LogP contribution in [0.2, 0.25) is 0 Å². The molecule has 0 spiro atoms. The molecule has 0 saturated carbocycles. The fourth-order valence-corrected chi connectivity index (χ4v) is 3.38. The van der Waals surface area contributed by atoms with Crippen molar-refractivity contribution in [3.05, 3.63) is 42.0 Å². The summed E-state index contributed by atoms with van der Waals surface area (Å²) < 4.78 is 0. The van der Waals surface area contributed by atoms with Gasteiger partial charge in [-0.2, -0.15) is 0 Å². The number of carbonyl (C=O) groups is 1. The lowest BCUT2D eigenvalue weighted by atomic mass is 10.1. The zero-order valence-corrected chi connectivity index (χ0v) is 10.5. The van der Waals surface area contributed by atoms with E-state index in [1.807, 2.05) is 31.3 Å². The molecule has 17 heavy (non-hydrogen) atoms. The highest BCUT2D eigenvalue weighted by Gasteiger charge is 2.21. The van der Waals surface area contributed by atoms with E-state index in [2.05, 4.69) is 12.1 Å². The first-order valence-electron chi connectivity index (χ1n) is 5.67. The number of carbonyl (C=O) groups excluding carboxylic acids is 1. The first-order chi connectivity index (χ1) is 8.27. The Bertz CT molecular complexity index is 594. The number of hydrogen-bond donors (Lipinski definition) is 0. The summed E-state index contributed by atoms with van der Waals surface area (Å²) in [5, 5.41) is 2.40. The van der Waals surface area contributed by atoms with Crippen molar-refractivity contribution in [3.8, 4) is 0 Å². The standard InChI is InChI=1S/C14H13NOS/c1-15-8-9-17-13-11-5-3-2-4-10(11)6-7-12(13)14(15)16/h2-7H,8-9H2,1H3. The predicted molar refractivity (Wildman–Crippen MR) is 71.6 cm³/mol. The minimum atomic E-state index is 0.135. The second-order valence-electron chi connectivity index (χ2n) is 4.24. The molecule has 0 aliphatic carbocycles. The van der Waals surface area contributed by atoms with Crippen molar-refractivity contribution >= 4 is 28.4 Å². The van der Waals surface area contributed by atoms with Gasteiger partial charge < -0.3 is 4.90 Å². The maximum absolute atomic E-state index is 12.2. The molecule has 0 bridgehead atoms. The molecule has 2 aromatic rings. The summed E-state index contributed by atoms with van der Waals surface area (Å²) in [5.74, 6) is 1.10. The Balaban J connectivity index is 2.29. The van der Waals surface area contributed by atoms with Crippen LogP contribution in [-0.4, -0.2) is 30.2 Å². The smallest absolute Gasteiger partial charge is 0.254 e. The molecule has 0 aromatic heterocycles. The topological polar surface area (TPSA) is 20.3 Å². The van der Waals surface area contributed by atoms with Gasteiger partial charge in [-0.05, 0) is 16.8 Å². The molecule has 0 unspecified atom stereocenters. The van der Waals surface area contributed by atoms with Gasteiger partial charge in [-0.25, -0.2) is 0 Å². The van der Waals surface area contributed by atoms with Gasteiger partial charge in [0.15, 0.2) is 0 Å². The number of thioether (sulfide) groups is 1. The molecule has 2 aromatic carbocycles. The minimum absolute atomic E-state index is 0.135. The summed E-state index contributed by atoms with van der Waals surface area (Å²) in [6.07, 6.45) is 0. The highest BCUT2D eigenvalue weighted by molar-refractivity contribution is 7.99. The molecule has 1 heterocycles. The number of nitrogens with zero attached hydrogens (tertiary/aromatic N) is 1. The molecule has 3 heteroatoms. The lowest BCUT2D eigenvalue weighted by Gasteiger charge is -2.13. The van der Waals surface area contributed by atoms with Crippen LogP contribution in [0.25, 0.3) is 10.8 Å². The van der Waals surface area contributed by atoms with E-state index in [0.29, 0.717) is 0 Å². The summed E-state index contributed by atoms with van der Waals surface area (Å²) >= 11 is 1.78. The number of fused-ring (bicyclic) bond motifs is 3. The lowest BCUT2D eigenvalue weighted by molar-refractivity contribution is 0.0803. The quantitative estimate of drug-likeness (QED) is 0.709. The molecule has 2 nitrogen and oxygen atoms in total. The monoisotopic (exact) mass is 243 g/mol. The maximum Gasteiger partial charge on any atom is 0.254 e. The van der Waals surface area contributed by atoms with Crippen molar-refractivity contribution in [3.63, 3.8) is 0 Å². The van der Waals surface area contributed by atoms with Crippen LogP contribution in [0, 0.1) is 0 Å². The normalized spacial score (nSPS) is 15.8. The Morgan fingerprint density at radius 1 is 1.18 bits per heavy atom. The molecule has 0 fully saturated rings. The molecule has 1 amide bonds. The summed E-state index contributed by atoms with van der Waals surface area (Å²) in [7, 11) is 1.87. The Labute approximate surface area is 105 Å². The third kappa shape index (κ3) is 1.71. The fraction of sp³-hybridized carbons (Fsp3) is 0.214. The van der Waals surface area contributed by atoms with Crippen LogP contribution in [0.1, 0.15) is 10.4 Å². The van der Waals surface area contributed by atoms with Crippen molar-refractivity contribution < 1.29 is 4.79 Å². The molecule has 1 aliphatic rings. The SMILES string of the molecule is CN1CCSc2c(ccc3ccccc23)C1=O. The zero-order valence-electron chi connectivity index (χ0n) is 9.64. The molecule has 0 saturated heterocycles. The number of amides is 1. The van der Waals surface area contributed by atoms with Gasteiger partial charge in [0.2, 0.25) is 0 Å². The summed E-state index contributed by atoms with van der Waals surface area (Å²) in [6, 6.07) is 12.2. The van der Waals surface area contributed by atoms with E-state index >= 15 is 0 Å². The average Bonchev–Trinajstić information content (AvgIpc) is 2.51. The van der Waals surface area contributed by atoms with E-state index in [9.17, 15) is 4.79 Å². The molecule has 0 radical (unpaired) electrons. The predicted octanol–water partition coefficient (Wildman–Crippen LogP) is 3.02. The zero-order chi connectivity index (χ0) is 11.8. The minimum Gasteiger partial charge on any atom is -0.341 e. The Morgan fingerprint density at radius 2 is 2.00 bits per heavy atom. The number of benzene rings is 2. The van der Waals surface area contributed by atoms with E-state index in [4.69, 9.17) is 0 Å². The van der Waals surface area contributed by atoms with Crippen LogP contribution in [0.5, 0.6) is 0 Å². The van der Waals surface area contributed by atoms with Crippen molar-refractivity contribution in [2.24, 2.45) is 0 Å². The van der Waals surface area contributed by atoms with Crippen molar-refractivity contribution in [2.75, 3.05) is 19.3 Å². The molecule has 86 valence electrons. The Hall–Kier alpha value is -1.48. The van der Waals surface area contributed by atoms with Crippen molar-refractivity contribution in [1.82, 2.24) is 4.90 Å². The molecular formula is C14H13NOS. The van der Waals surface area contributed by atoms with Gasteiger partial charge in [-0.1, -0.05) is 30.3 Å². The first kappa shape index (κ1) is 10.7. The van der Waals surface area contributed by atoms with E-state index in [1.165, 1.54) is 10.8 Å². The van der Waals surface area contributed by atoms with Gasteiger partial charge in [-0.3, -0.25) is 4.79 Å². The number of rotatable bonds is 0. The second-order valence-corrected chi connectivity index (χ2v) is 5.34. The van der Waals surface area contributed by atoms with Gasteiger partial charge in [0.05, 0.1) is 5.56 Å². The second kappa shape index (κ2) is 4.08. The summed E-state index contributed by atoms with van der Waals surface area (Å²) in [5.41, 5.74) is 0.841. The third-order valence-electron chi connectivity index (χ3n) is 3.13. The van der Waals surface area contributed by atoms with Crippen LogP contribution >= 0.6 is 11.8 Å². The first-order valence-corrected chi connectivity index (χ1v) is 6.66. The van der Waals surface area contributed by atoms with E-state index in [-0.39, 0.29) is 5.91 Å². The average molecular weight is 243 g/mol. The van der Waals surface area contributed by atoms with Crippen LogP contribution in [-0.2, 0) is 0 Å². The van der Waals surface area contributed by atoms with Crippen LogP contribution in [0.3, 0.4) is 0 Å². The summed E-state index contributed by atoms with van der Waals surface area (Å²) in [6.45, 7) is 0.812. The highest BCUT2D eigenvalue weighted by Crippen LogP contribution is 2.33. The van der Waals surface area contributed by atoms with E-state index < -0.39 is 0 Å². The van der Waals surface area contributed by atoms with Gasteiger partial charge in [0, 0.05) is 24.2 Å². The van der Waals surface area contributed by atoms with Crippen LogP contribution in [0.15, 0.2) is 41.3 Å². The Morgan fingerprint density at radius 3 is 2.88 bits per heavy atom. The highest BCUT2D eigenvalue weighted by atomic mass is 32.2. The van der Waals surface area contributed by atoms with E-state index in [0.717, 1.165) is 22.8 Å². The van der Waals surface area contributed by atoms with Crippen LogP contribution < -0.4 is 0 Å². The maximum atomic E-state index is 12.2.